The molecule has 0 fully saturated rings. The van der Waals surface area contributed by atoms with Crippen molar-refractivity contribution in [1.29, 1.82) is 0 Å². The number of rotatable bonds is 36. The number of ether oxygens (including phenoxy) is 2. The predicted molar refractivity (Wildman–Crippen MR) is 229 cm³/mol. The minimum Gasteiger partial charge on any atom is -0.466 e. The van der Waals surface area contributed by atoms with E-state index in [1.54, 1.807) is 12.2 Å². The second-order valence-electron chi connectivity index (χ2n) is 14.6. The van der Waals surface area contributed by atoms with Crippen LogP contribution in [-0.4, -0.2) is 60.5 Å². The van der Waals surface area contributed by atoms with Crippen molar-refractivity contribution >= 4 is 19.8 Å². The Morgan fingerprint density at radius 1 is 0.737 bits per heavy atom. The Morgan fingerprint density at radius 3 is 2.05 bits per heavy atom. The molecule has 0 aliphatic heterocycles. The quantitative estimate of drug-likeness (QED) is 0.0194. The molecule has 12 heteroatoms. The fraction of sp³-hybridized carbons (Fsp3) is 0.689. The number of aliphatic hydroxyl groups is 1. The Hall–Kier alpha value is -2.79. The fourth-order valence-electron chi connectivity index (χ4n) is 5.94. The summed E-state index contributed by atoms with van der Waals surface area (Å²) < 4.78 is 38.9. The van der Waals surface area contributed by atoms with Crippen LogP contribution in [0.15, 0.2) is 53.0 Å². The largest absolute Gasteiger partial charge is 0.472 e. The number of carbonyl (C=O) groups excluding carboxylic acids is 2. The normalized spacial score (nSPS) is 14.3. The van der Waals surface area contributed by atoms with Crippen molar-refractivity contribution in [3.8, 4) is 0 Å². The molecule has 0 saturated heterocycles. The molecule has 326 valence electrons. The lowest BCUT2D eigenvalue weighted by atomic mass is 10.0. The van der Waals surface area contributed by atoms with Crippen LogP contribution in [0.5, 0.6) is 0 Å². The predicted octanol–water partition coefficient (Wildman–Crippen LogP) is 10.6. The van der Waals surface area contributed by atoms with Crippen LogP contribution in [-0.2, 0) is 45.5 Å². The maximum absolute atomic E-state index is 12.6. The first kappa shape index (κ1) is 52.2. The van der Waals surface area contributed by atoms with Crippen molar-refractivity contribution in [3.63, 3.8) is 0 Å². The number of phosphoric ester groups is 1. The minimum absolute atomic E-state index is 0.0217. The molecule has 0 aliphatic rings. The van der Waals surface area contributed by atoms with Crippen LogP contribution in [0.4, 0.5) is 0 Å². The number of hydrogen-bond acceptors (Lipinski definition) is 10. The summed E-state index contributed by atoms with van der Waals surface area (Å²) >= 11 is 0. The molecule has 0 radical (unpaired) electrons. The van der Waals surface area contributed by atoms with E-state index in [1.807, 2.05) is 18.2 Å². The lowest BCUT2D eigenvalue weighted by Gasteiger charge is -2.19. The first-order valence-electron chi connectivity index (χ1n) is 21.6. The summed E-state index contributed by atoms with van der Waals surface area (Å²) in [4.78, 5) is 35.0. The molecular formula is C45H76NO10P. The molecule has 1 aromatic heterocycles. The third-order valence-corrected chi connectivity index (χ3v) is 10.5. The second-order valence-corrected chi connectivity index (χ2v) is 16.1. The number of carbonyl (C=O) groups is 2. The van der Waals surface area contributed by atoms with Crippen molar-refractivity contribution in [2.24, 2.45) is 5.73 Å². The number of aliphatic hydroxyl groups excluding tert-OH is 1. The molecule has 0 spiro atoms. The van der Waals surface area contributed by atoms with E-state index in [9.17, 15) is 24.2 Å². The molecule has 0 amide bonds. The summed E-state index contributed by atoms with van der Waals surface area (Å²) in [6.07, 6.45) is 32.9. The number of esters is 2. The molecule has 11 nitrogen and oxygen atoms in total. The summed E-state index contributed by atoms with van der Waals surface area (Å²) in [5, 5.41) is 10.1. The molecule has 1 heterocycles. The average Bonchev–Trinajstić information content (AvgIpc) is 3.45. The van der Waals surface area contributed by atoms with Crippen LogP contribution in [0.3, 0.4) is 0 Å². The monoisotopic (exact) mass is 822 g/mol. The highest BCUT2D eigenvalue weighted by Crippen LogP contribution is 2.43. The molecule has 0 aliphatic carbocycles. The number of furan rings is 1. The maximum Gasteiger partial charge on any atom is 0.472 e. The Balaban J connectivity index is 2.37. The van der Waals surface area contributed by atoms with Gasteiger partial charge in [0.25, 0.3) is 0 Å². The molecule has 0 bridgehead atoms. The van der Waals surface area contributed by atoms with Gasteiger partial charge in [0.15, 0.2) is 6.10 Å². The highest BCUT2D eigenvalue weighted by atomic mass is 31.2. The van der Waals surface area contributed by atoms with Crippen LogP contribution in [0, 0.1) is 13.8 Å². The zero-order chi connectivity index (χ0) is 42.0. The summed E-state index contributed by atoms with van der Waals surface area (Å²) in [5.41, 5.74) is 7.93. The van der Waals surface area contributed by atoms with Gasteiger partial charge in [-0.15, -0.1) is 0 Å². The van der Waals surface area contributed by atoms with E-state index < -0.39 is 38.6 Å². The topological polar surface area (TPSA) is 168 Å². The number of phosphoric acid groups is 1. The van der Waals surface area contributed by atoms with Crippen LogP contribution >= 0.6 is 7.82 Å². The van der Waals surface area contributed by atoms with Gasteiger partial charge in [-0.2, -0.15) is 0 Å². The highest BCUT2D eigenvalue weighted by Gasteiger charge is 2.26. The lowest BCUT2D eigenvalue weighted by molar-refractivity contribution is -0.161. The summed E-state index contributed by atoms with van der Waals surface area (Å²) in [5.74, 6) is 1.26. The summed E-state index contributed by atoms with van der Waals surface area (Å²) in [7, 11) is -4.43. The van der Waals surface area contributed by atoms with Crippen molar-refractivity contribution < 1.29 is 47.1 Å². The van der Waals surface area contributed by atoms with Gasteiger partial charge in [0.2, 0.25) is 0 Å². The van der Waals surface area contributed by atoms with E-state index in [2.05, 4.69) is 45.9 Å². The first-order valence-corrected chi connectivity index (χ1v) is 23.1. The standard InChI is InChI=1S/C45H76NO10P/c1-5-7-9-10-11-12-13-17-23-28-40(47)29-24-18-16-21-27-33-45(49)55-41(37-54-57(50,51)53-35-34-46)36-52-44(48)32-26-20-15-14-19-25-31-43-39(4)38(3)42(56-43)30-22-8-6-2/h11-12,16-18,23-24,29,40-41,47H,5-10,13-15,19-22,25-28,30-37,46H2,1-4H3,(H,50,51)/b12-11-,18-16+,23-17-,29-24-/t40?,41-/m1/s1. The van der Waals surface area contributed by atoms with E-state index in [0.717, 1.165) is 69.3 Å². The zero-order valence-electron chi connectivity index (χ0n) is 35.6. The van der Waals surface area contributed by atoms with E-state index in [0.29, 0.717) is 25.7 Å². The Labute approximate surface area is 344 Å². The van der Waals surface area contributed by atoms with Crippen LogP contribution < -0.4 is 5.73 Å². The van der Waals surface area contributed by atoms with Gasteiger partial charge in [-0.3, -0.25) is 18.6 Å². The summed E-state index contributed by atoms with van der Waals surface area (Å²) in [6, 6.07) is 0. The first-order chi connectivity index (χ1) is 27.5. The van der Waals surface area contributed by atoms with E-state index in [-0.39, 0.29) is 32.6 Å². The fourth-order valence-corrected chi connectivity index (χ4v) is 6.71. The van der Waals surface area contributed by atoms with Gasteiger partial charge in [0, 0.05) is 32.2 Å². The van der Waals surface area contributed by atoms with Gasteiger partial charge >= 0.3 is 19.8 Å². The maximum atomic E-state index is 12.6. The second kappa shape index (κ2) is 34.1. The minimum atomic E-state index is -4.43. The summed E-state index contributed by atoms with van der Waals surface area (Å²) in [6.45, 7) is 7.75. The molecule has 3 atom stereocenters. The van der Waals surface area contributed by atoms with Crippen LogP contribution in [0.25, 0.3) is 0 Å². The molecule has 1 aromatic rings. The number of allylic oxidation sites excluding steroid dienone is 6. The van der Waals surface area contributed by atoms with Crippen molar-refractivity contribution in [2.75, 3.05) is 26.4 Å². The van der Waals surface area contributed by atoms with E-state index in [4.69, 9.17) is 28.7 Å². The Morgan fingerprint density at radius 2 is 1.35 bits per heavy atom. The molecule has 57 heavy (non-hydrogen) atoms. The molecule has 0 aromatic carbocycles. The highest BCUT2D eigenvalue weighted by molar-refractivity contribution is 7.47. The number of hydrogen-bond donors (Lipinski definition) is 3. The molecule has 0 saturated carbocycles. The smallest absolute Gasteiger partial charge is 0.466 e. The van der Waals surface area contributed by atoms with Crippen LogP contribution in [0.2, 0.25) is 0 Å². The van der Waals surface area contributed by atoms with Gasteiger partial charge in [-0.05, 0) is 82.8 Å². The van der Waals surface area contributed by atoms with Gasteiger partial charge in [0.1, 0.15) is 18.1 Å². The van der Waals surface area contributed by atoms with E-state index in [1.165, 1.54) is 49.7 Å². The van der Waals surface area contributed by atoms with Crippen molar-refractivity contribution in [1.82, 2.24) is 0 Å². The number of unbranched alkanes of at least 4 members (excludes halogenated alkanes) is 11. The third kappa shape index (κ3) is 28.3. The average molecular weight is 822 g/mol. The molecule has 4 N–H and O–H groups in total. The molecule has 1 rings (SSSR count). The van der Waals surface area contributed by atoms with Crippen molar-refractivity contribution in [2.45, 2.75) is 175 Å². The lowest BCUT2D eigenvalue weighted by Crippen LogP contribution is -2.29. The Kier molecular flexibility index (Phi) is 31.3. The third-order valence-electron chi connectivity index (χ3n) is 9.50. The zero-order valence-corrected chi connectivity index (χ0v) is 36.5. The van der Waals surface area contributed by atoms with Crippen molar-refractivity contribution in [3.05, 3.63) is 71.3 Å². The van der Waals surface area contributed by atoms with Crippen LogP contribution in [0.1, 0.15) is 158 Å². The Bertz CT molecular complexity index is 1370. The number of aryl methyl sites for hydroxylation is 2. The van der Waals surface area contributed by atoms with E-state index >= 15 is 0 Å². The van der Waals surface area contributed by atoms with Gasteiger partial charge in [-0.1, -0.05) is 114 Å². The molecular weight excluding hydrogens is 745 g/mol. The van der Waals surface area contributed by atoms with Gasteiger partial charge in [0.05, 0.1) is 19.3 Å². The molecule has 2 unspecified atom stereocenters. The SMILES string of the molecule is CCCCC/C=C\C/C=C\CC(O)/C=C\C=C\CCCC(=O)O[C@H](COC(=O)CCCCCCCCc1oc(CCCCC)c(C)c1C)COP(=O)(O)OCCN. The number of nitrogens with two attached hydrogens (primary N) is 1. The van der Waals surface area contributed by atoms with Gasteiger partial charge < -0.3 is 29.6 Å². The van der Waals surface area contributed by atoms with Gasteiger partial charge in [-0.25, -0.2) is 4.57 Å².